The fourth-order valence-electron chi connectivity index (χ4n) is 1.84. The second-order valence-corrected chi connectivity index (χ2v) is 4.41. The molecule has 0 fully saturated rings. The van der Waals surface area contributed by atoms with Crippen molar-refractivity contribution < 1.29 is 0 Å². The average Bonchev–Trinajstić information content (AvgIpc) is 2.49. The molecule has 1 aromatic heterocycles. The number of nitrogens with zero attached hydrogens (tertiary/aromatic N) is 3. The summed E-state index contributed by atoms with van der Waals surface area (Å²) in [5, 5.41) is 0.612. The standard InChI is InChI=1S/C10H14ClN3/c1-7(2)5-14-4-3-8-9(11)12-6-13-10(8)14/h6-7H,3-5H2,1-2H3. The number of rotatable bonds is 2. The van der Waals surface area contributed by atoms with Gasteiger partial charge in [0.1, 0.15) is 17.3 Å². The topological polar surface area (TPSA) is 29.0 Å². The van der Waals surface area contributed by atoms with Crippen LogP contribution in [0.25, 0.3) is 0 Å². The van der Waals surface area contributed by atoms with Crippen LogP contribution in [0.3, 0.4) is 0 Å². The van der Waals surface area contributed by atoms with E-state index in [0.717, 1.165) is 30.9 Å². The van der Waals surface area contributed by atoms with Crippen molar-refractivity contribution in [2.75, 3.05) is 18.0 Å². The lowest BCUT2D eigenvalue weighted by molar-refractivity contribution is 0.619. The Morgan fingerprint density at radius 3 is 3.00 bits per heavy atom. The molecule has 0 saturated heterocycles. The molecule has 0 bridgehead atoms. The Morgan fingerprint density at radius 2 is 2.29 bits per heavy atom. The first kappa shape index (κ1) is 9.71. The lowest BCUT2D eigenvalue weighted by Gasteiger charge is -2.20. The van der Waals surface area contributed by atoms with Gasteiger partial charge >= 0.3 is 0 Å². The molecule has 1 aliphatic rings. The molecule has 0 aromatic carbocycles. The predicted octanol–water partition coefficient (Wildman–Crippen LogP) is 2.15. The van der Waals surface area contributed by atoms with E-state index in [1.165, 1.54) is 0 Å². The predicted molar refractivity (Wildman–Crippen MR) is 57.8 cm³/mol. The van der Waals surface area contributed by atoms with Gasteiger partial charge in [0.15, 0.2) is 0 Å². The van der Waals surface area contributed by atoms with Crippen molar-refractivity contribution in [3.8, 4) is 0 Å². The quantitative estimate of drug-likeness (QED) is 0.702. The zero-order valence-corrected chi connectivity index (χ0v) is 9.25. The summed E-state index contributed by atoms with van der Waals surface area (Å²) in [5.41, 5.74) is 1.11. The molecular weight excluding hydrogens is 198 g/mol. The molecule has 1 aliphatic heterocycles. The highest BCUT2D eigenvalue weighted by Gasteiger charge is 2.23. The van der Waals surface area contributed by atoms with Crippen molar-refractivity contribution >= 4 is 17.4 Å². The van der Waals surface area contributed by atoms with Crippen LogP contribution < -0.4 is 4.90 Å². The third-order valence-corrected chi connectivity index (χ3v) is 2.71. The summed E-state index contributed by atoms with van der Waals surface area (Å²) >= 11 is 5.99. The highest BCUT2D eigenvalue weighted by atomic mass is 35.5. The van der Waals surface area contributed by atoms with Crippen LogP contribution in [0.1, 0.15) is 19.4 Å². The molecule has 2 rings (SSSR count). The summed E-state index contributed by atoms with van der Waals surface area (Å²) in [5.74, 6) is 1.67. The van der Waals surface area contributed by atoms with Crippen LogP contribution >= 0.6 is 11.6 Å². The zero-order valence-electron chi connectivity index (χ0n) is 8.50. The van der Waals surface area contributed by atoms with Crippen LogP contribution in [0, 0.1) is 5.92 Å². The first-order valence-corrected chi connectivity index (χ1v) is 5.30. The molecular formula is C10H14ClN3. The van der Waals surface area contributed by atoms with E-state index in [1.54, 1.807) is 6.33 Å². The smallest absolute Gasteiger partial charge is 0.137 e. The molecule has 0 unspecified atom stereocenters. The van der Waals surface area contributed by atoms with Crippen LogP contribution in [0.4, 0.5) is 5.82 Å². The Balaban J connectivity index is 2.26. The van der Waals surface area contributed by atoms with E-state index in [1.807, 2.05) is 0 Å². The van der Waals surface area contributed by atoms with E-state index in [9.17, 15) is 0 Å². The summed E-state index contributed by atoms with van der Waals surface area (Å²) in [6.45, 7) is 6.48. The summed E-state index contributed by atoms with van der Waals surface area (Å²) in [6, 6.07) is 0. The van der Waals surface area contributed by atoms with Crippen LogP contribution in [0.15, 0.2) is 6.33 Å². The van der Waals surface area contributed by atoms with E-state index < -0.39 is 0 Å². The van der Waals surface area contributed by atoms with E-state index in [0.29, 0.717) is 11.1 Å². The molecule has 0 amide bonds. The normalized spacial score (nSPS) is 15.0. The van der Waals surface area contributed by atoms with E-state index >= 15 is 0 Å². The summed E-state index contributed by atoms with van der Waals surface area (Å²) < 4.78 is 0. The van der Waals surface area contributed by atoms with Gasteiger partial charge in [0, 0.05) is 18.7 Å². The molecule has 1 aromatic rings. The fraction of sp³-hybridized carbons (Fsp3) is 0.600. The number of anilines is 1. The van der Waals surface area contributed by atoms with Crippen molar-refractivity contribution in [3.63, 3.8) is 0 Å². The molecule has 0 atom stereocenters. The fourth-order valence-corrected chi connectivity index (χ4v) is 2.06. The SMILES string of the molecule is CC(C)CN1CCc2c(Cl)ncnc21. The van der Waals surface area contributed by atoms with E-state index in [4.69, 9.17) is 11.6 Å². The highest BCUT2D eigenvalue weighted by molar-refractivity contribution is 6.30. The minimum absolute atomic E-state index is 0.612. The van der Waals surface area contributed by atoms with Crippen LogP contribution in [0.2, 0.25) is 5.15 Å². The summed E-state index contributed by atoms with van der Waals surface area (Å²) in [4.78, 5) is 10.6. The maximum Gasteiger partial charge on any atom is 0.137 e. The van der Waals surface area contributed by atoms with Crippen molar-refractivity contribution in [2.45, 2.75) is 20.3 Å². The van der Waals surface area contributed by atoms with Gasteiger partial charge in [0.2, 0.25) is 0 Å². The first-order valence-electron chi connectivity index (χ1n) is 4.93. The maximum absolute atomic E-state index is 5.99. The summed E-state index contributed by atoms with van der Waals surface area (Å²) in [6.07, 6.45) is 2.52. The Morgan fingerprint density at radius 1 is 1.50 bits per heavy atom. The van der Waals surface area contributed by atoms with Gasteiger partial charge < -0.3 is 4.90 Å². The molecule has 14 heavy (non-hydrogen) atoms. The molecule has 76 valence electrons. The number of fused-ring (bicyclic) bond motifs is 1. The van der Waals surface area contributed by atoms with Crippen LogP contribution in [-0.4, -0.2) is 23.1 Å². The van der Waals surface area contributed by atoms with Crippen molar-refractivity contribution in [2.24, 2.45) is 5.92 Å². The van der Waals surface area contributed by atoms with Crippen molar-refractivity contribution in [1.82, 2.24) is 9.97 Å². The number of aromatic nitrogens is 2. The largest absolute Gasteiger partial charge is 0.356 e. The molecule has 0 radical (unpaired) electrons. The minimum Gasteiger partial charge on any atom is -0.356 e. The molecule has 0 aliphatic carbocycles. The average molecular weight is 212 g/mol. The maximum atomic E-state index is 5.99. The van der Waals surface area contributed by atoms with Gasteiger partial charge in [-0.05, 0) is 12.3 Å². The van der Waals surface area contributed by atoms with Gasteiger partial charge in [-0.15, -0.1) is 0 Å². The van der Waals surface area contributed by atoms with Crippen LogP contribution in [0.5, 0.6) is 0 Å². The van der Waals surface area contributed by atoms with Crippen molar-refractivity contribution in [3.05, 3.63) is 17.0 Å². The Bertz CT molecular complexity index is 338. The van der Waals surface area contributed by atoms with Gasteiger partial charge in [-0.1, -0.05) is 25.4 Å². The second-order valence-electron chi connectivity index (χ2n) is 4.06. The van der Waals surface area contributed by atoms with Gasteiger partial charge in [0.25, 0.3) is 0 Å². The molecule has 0 saturated carbocycles. The number of halogens is 1. The Hall–Kier alpha value is -0.830. The lowest BCUT2D eigenvalue weighted by Crippen LogP contribution is -2.25. The van der Waals surface area contributed by atoms with Gasteiger partial charge in [0.05, 0.1) is 0 Å². The highest BCUT2D eigenvalue weighted by Crippen LogP contribution is 2.29. The molecule has 0 N–H and O–H groups in total. The zero-order chi connectivity index (χ0) is 10.1. The molecule has 4 heteroatoms. The van der Waals surface area contributed by atoms with Gasteiger partial charge in [-0.25, -0.2) is 9.97 Å². The Kier molecular flexibility index (Phi) is 2.59. The lowest BCUT2D eigenvalue weighted by atomic mass is 10.2. The molecule has 3 nitrogen and oxygen atoms in total. The third-order valence-electron chi connectivity index (χ3n) is 2.39. The second kappa shape index (κ2) is 3.73. The summed E-state index contributed by atoms with van der Waals surface area (Å²) in [7, 11) is 0. The van der Waals surface area contributed by atoms with Gasteiger partial charge in [-0.3, -0.25) is 0 Å². The van der Waals surface area contributed by atoms with Crippen LogP contribution in [-0.2, 0) is 6.42 Å². The number of hydrogen-bond acceptors (Lipinski definition) is 3. The van der Waals surface area contributed by atoms with Gasteiger partial charge in [-0.2, -0.15) is 0 Å². The minimum atomic E-state index is 0.612. The number of hydrogen-bond donors (Lipinski definition) is 0. The van der Waals surface area contributed by atoms with Crippen molar-refractivity contribution in [1.29, 1.82) is 0 Å². The van der Waals surface area contributed by atoms with E-state index in [2.05, 4.69) is 28.7 Å². The molecule has 0 spiro atoms. The Labute approximate surface area is 89.1 Å². The third kappa shape index (κ3) is 1.69. The monoisotopic (exact) mass is 211 g/mol. The van der Waals surface area contributed by atoms with E-state index in [-0.39, 0.29) is 0 Å². The first-order chi connectivity index (χ1) is 6.68. The molecule has 2 heterocycles.